The molecular formula is C44H62N4Ni. The summed E-state index contributed by atoms with van der Waals surface area (Å²) in [5.41, 5.74) is 20.9. The SMILES string of the molecule is CCCCC1C2=NC(=Cc3[n-]c(c(CC)c3CC)C(CCCC)c3[n-]c(c(CC)c3CC)/C=C3\N=C1C(CC)=C3CC)C(CC)=C2CC.[Ni+2]. The number of hydrogen-bond acceptors (Lipinski definition) is 2. The number of nitrogens with zero attached hydrogens (tertiary/aromatic N) is 4. The number of rotatable bonds is 14. The topological polar surface area (TPSA) is 52.9 Å². The van der Waals surface area contributed by atoms with Gasteiger partial charge in [0.25, 0.3) is 0 Å². The Morgan fingerprint density at radius 2 is 0.837 bits per heavy atom. The van der Waals surface area contributed by atoms with E-state index >= 15 is 0 Å². The summed E-state index contributed by atoms with van der Waals surface area (Å²) >= 11 is 0. The minimum Gasteiger partial charge on any atom is -0.660 e. The van der Waals surface area contributed by atoms with Gasteiger partial charge in [0.2, 0.25) is 0 Å². The van der Waals surface area contributed by atoms with Crippen LogP contribution in [-0.2, 0) is 42.2 Å². The molecule has 5 rings (SSSR count). The summed E-state index contributed by atoms with van der Waals surface area (Å²) in [6, 6.07) is 0. The molecular weight excluding hydrogens is 643 g/mol. The Balaban J connectivity index is 0.00000541. The molecule has 268 valence electrons. The summed E-state index contributed by atoms with van der Waals surface area (Å²) in [7, 11) is 0. The number of aromatic nitrogens is 2. The maximum absolute atomic E-state index is 5.62. The van der Waals surface area contributed by atoms with Crippen molar-refractivity contribution in [2.24, 2.45) is 15.9 Å². The molecule has 2 unspecified atom stereocenters. The molecule has 0 radical (unpaired) electrons. The zero-order valence-corrected chi connectivity index (χ0v) is 33.3. The third-order valence-electron chi connectivity index (χ3n) is 11.3. The third-order valence-corrected chi connectivity index (χ3v) is 11.3. The van der Waals surface area contributed by atoms with Gasteiger partial charge in [0.15, 0.2) is 0 Å². The quantitative estimate of drug-likeness (QED) is 0.184. The van der Waals surface area contributed by atoms with E-state index in [2.05, 4.69) is 81.4 Å². The Hall–Kier alpha value is -2.65. The Labute approximate surface area is 308 Å². The van der Waals surface area contributed by atoms with Crippen LogP contribution in [0.4, 0.5) is 0 Å². The van der Waals surface area contributed by atoms with E-state index in [-0.39, 0.29) is 28.3 Å². The van der Waals surface area contributed by atoms with Crippen molar-refractivity contribution in [3.63, 3.8) is 0 Å². The monoisotopic (exact) mass is 704 g/mol. The van der Waals surface area contributed by atoms with Crippen LogP contribution < -0.4 is 9.97 Å². The van der Waals surface area contributed by atoms with E-state index in [1.807, 2.05) is 0 Å². The van der Waals surface area contributed by atoms with Crippen LogP contribution in [0.25, 0.3) is 12.2 Å². The molecule has 5 heterocycles. The molecule has 0 fully saturated rings. The van der Waals surface area contributed by atoms with Crippen LogP contribution in [-0.4, -0.2) is 11.4 Å². The van der Waals surface area contributed by atoms with Crippen molar-refractivity contribution in [3.05, 3.63) is 78.7 Å². The fraction of sp³-hybridized carbons (Fsp3) is 0.591. The molecule has 0 amide bonds. The fourth-order valence-electron chi connectivity index (χ4n) is 8.96. The second kappa shape index (κ2) is 17.5. The van der Waals surface area contributed by atoms with Crippen molar-refractivity contribution in [1.29, 1.82) is 0 Å². The van der Waals surface area contributed by atoms with E-state index < -0.39 is 0 Å². The predicted molar refractivity (Wildman–Crippen MR) is 207 cm³/mol. The third kappa shape index (κ3) is 7.13. The van der Waals surface area contributed by atoms with Gasteiger partial charge >= 0.3 is 16.5 Å². The average Bonchev–Trinajstić information content (AvgIpc) is 3.84. The zero-order chi connectivity index (χ0) is 34.5. The molecule has 2 aromatic rings. The van der Waals surface area contributed by atoms with Crippen LogP contribution in [0.3, 0.4) is 0 Å². The predicted octanol–water partition coefficient (Wildman–Crippen LogP) is 11.8. The molecule has 8 bridgehead atoms. The summed E-state index contributed by atoms with van der Waals surface area (Å²) in [6.45, 7) is 23.1. The maximum atomic E-state index is 5.62. The van der Waals surface area contributed by atoms with Gasteiger partial charge in [-0.05, 0) is 92.4 Å². The molecule has 3 aliphatic rings. The van der Waals surface area contributed by atoms with E-state index in [0.717, 1.165) is 99.8 Å². The van der Waals surface area contributed by atoms with Gasteiger partial charge in [-0.1, -0.05) is 129 Å². The normalized spacial score (nSPS) is 20.0. The van der Waals surface area contributed by atoms with Gasteiger partial charge < -0.3 is 9.97 Å². The van der Waals surface area contributed by atoms with Crippen molar-refractivity contribution in [2.75, 3.05) is 0 Å². The molecule has 3 aliphatic heterocycles. The van der Waals surface area contributed by atoms with E-state index in [0.29, 0.717) is 0 Å². The molecule has 0 saturated heterocycles. The molecule has 2 atom stereocenters. The Kier molecular flexibility index (Phi) is 14.0. The average molecular weight is 706 g/mol. The van der Waals surface area contributed by atoms with E-state index in [9.17, 15) is 0 Å². The van der Waals surface area contributed by atoms with Crippen molar-refractivity contribution < 1.29 is 16.5 Å². The first-order valence-corrected chi connectivity index (χ1v) is 19.8. The first kappa shape index (κ1) is 39.1. The van der Waals surface area contributed by atoms with Gasteiger partial charge in [-0.3, -0.25) is 9.98 Å². The summed E-state index contributed by atoms with van der Waals surface area (Å²) in [4.78, 5) is 22.5. The molecule has 49 heavy (non-hydrogen) atoms. The second-order valence-electron chi connectivity index (χ2n) is 13.9. The minimum absolute atomic E-state index is 0. The Morgan fingerprint density at radius 1 is 0.469 bits per heavy atom. The Bertz CT molecular complexity index is 1560. The summed E-state index contributed by atoms with van der Waals surface area (Å²) in [5, 5.41) is 0. The van der Waals surface area contributed by atoms with Crippen LogP contribution in [0.5, 0.6) is 0 Å². The van der Waals surface area contributed by atoms with Crippen molar-refractivity contribution in [1.82, 2.24) is 9.97 Å². The molecule has 0 aromatic carbocycles. The number of aliphatic imine (C=N–C) groups is 2. The summed E-state index contributed by atoms with van der Waals surface area (Å²) < 4.78 is 0. The standard InChI is InChI=1S/C44H62N4.Ni/c1-11-21-23-35-41-31(17-7)27(13-3)37(45-41)25-39-29(15-5)33(19-9)43(47-39)36(24-22-12-2)44-34(20-10)30(16-6)40(48-44)26-38-28(14-4)32(18-8)42(35)46-38;/h25-26,35-36H,11-24H2,1-10H3;/q-2;+2/b37-25-,38-26?;. The molecule has 0 aliphatic carbocycles. The molecule has 5 heteroatoms. The van der Waals surface area contributed by atoms with Crippen LogP contribution >= 0.6 is 0 Å². The fourth-order valence-corrected chi connectivity index (χ4v) is 8.96. The Morgan fingerprint density at radius 3 is 1.16 bits per heavy atom. The first-order chi connectivity index (χ1) is 23.4. The number of allylic oxidation sites excluding steroid dienone is 4. The minimum atomic E-state index is 0. The molecule has 4 nitrogen and oxygen atoms in total. The smallest absolute Gasteiger partial charge is 0.660 e. The number of hydrogen-bond donors (Lipinski definition) is 0. The summed E-state index contributed by atoms with van der Waals surface area (Å²) in [6.07, 6.45) is 19.4. The van der Waals surface area contributed by atoms with Gasteiger partial charge in [-0.2, -0.15) is 11.4 Å². The number of fused-ring (bicyclic) bond motifs is 6. The van der Waals surface area contributed by atoms with Gasteiger partial charge in [-0.25, -0.2) is 0 Å². The molecule has 0 N–H and O–H groups in total. The molecule has 0 spiro atoms. The summed E-state index contributed by atoms with van der Waals surface area (Å²) in [5.74, 6) is 0.391. The van der Waals surface area contributed by atoms with Crippen LogP contribution in [0.15, 0.2) is 43.7 Å². The second-order valence-corrected chi connectivity index (χ2v) is 13.9. The van der Waals surface area contributed by atoms with E-state index in [1.54, 1.807) is 0 Å². The molecule has 2 aromatic heterocycles. The van der Waals surface area contributed by atoms with Crippen molar-refractivity contribution in [3.8, 4) is 0 Å². The first-order valence-electron chi connectivity index (χ1n) is 19.8. The van der Waals surface area contributed by atoms with Crippen LogP contribution in [0, 0.1) is 5.92 Å². The van der Waals surface area contributed by atoms with Gasteiger partial charge in [0, 0.05) is 5.92 Å². The van der Waals surface area contributed by atoms with E-state index in [4.69, 9.17) is 20.0 Å². The van der Waals surface area contributed by atoms with E-state index in [1.165, 1.54) is 80.2 Å². The van der Waals surface area contributed by atoms with Gasteiger partial charge in [0.1, 0.15) is 0 Å². The largest absolute Gasteiger partial charge is 2.00 e. The van der Waals surface area contributed by atoms with Gasteiger partial charge in [0.05, 0.1) is 22.8 Å². The molecule has 0 saturated carbocycles. The van der Waals surface area contributed by atoms with Crippen molar-refractivity contribution >= 4 is 23.6 Å². The zero-order valence-electron chi connectivity index (χ0n) is 32.3. The number of unbranched alkanes of at least 4 members (excludes halogenated alkanes) is 2. The van der Waals surface area contributed by atoms with Crippen molar-refractivity contribution in [2.45, 2.75) is 165 Å². The van der Waals surface area contributed by atoms with Crippen LogP contribution in [0.1, 0.15) is 184 Å². The maximum Gasteiger partial charge on any atom is 2.00 e. The van der Waals surface area contributed by atoms with Gasteiger partial charge in [-0.15, -0.1) is 11.4 Å². The van der Waals surface area contributed by atoms with Crippen LogP contribution in [0.2, 0.25) is 0 Å².